The molecule has 4 nitrogen and oxygen atoms in total. The third-order valence-corrected chi connectivity index (χ3v) is 2.66. The molecule has 2 aromatic rings. The van der Waals surface area contributed by atoms with Crippen LogP contribution in [0.15, 0.2) is 48.7 Å². The zero-order valence-corrected chi connectivity index (χ0v) is 11.2. The van der Waals surface area contributed by atoms with E-state index in [1.807, 2.05) is 30.3 Å². The summed E-state index contributed by atoms with van der Waals surface area (Å²) in [5.41, 5.74) is 1.49. The van der Waals surface area contributed by atoms with E-state index in [1.165, 1.54) is 6.92 Å². The zero-order valence-electron chi connectivity index (χ0n) is 10.4. The maximum absolute atomic E-state index is 11.2. The molecule has 0 amide bonds. The minimum atomic E-state index is 0.0423. The molecule has 1 aromatic heterocycles. The van der Waals surface area contributed by atoms with Crippen molar-refractivity contribution >= 4 is 34.6 Å². The van der Waals surface area contributed by atoms with Gasteiger partial charge in [0.2, 0.25) is 0 Å². The average Bonchev–Trinajstić information content (AvgIpc) is 2.40. The molecule has 2 rings (SSSR count). The van der Waals surface area contributed by atoms with Crippen molar-refractivity contribution in [1.29, 1.82) is 0 Å². The quantitative estimate of drug-likeness (QED) is 0.663. The van der Waals surface area contributed by atoms with Crippen molar-refractivity contribution in [2.75, 3.05) is 10.6 Å². The Morgan fingerprint density at radius 2 is 1.84 bits per heavy atom. The van der Waals surface area contributed by atoms with E-state index < -0.39 is 0 Å². The molecule has 0 fully saturated rings. The van der Waals surface area contributed by atoms with Gasteiger partial charge in [0.1, 0.15) is 5.82 Å². The first kappa shape index (κ1) is 13.2. The van der Waals surface area contributed by atoms with Crippen molar-refractivity contribution in [3.05, 3.63) is 54.2 Å². The van der Waals surface area contributed by atoms with Crippen LogP contribution in [0.1, 0.15) is 17.3 Å². The van der Waals surface area contributed by atoms with E-state index in [-0.39, 0.29) is 5.78 Å². The molecule has 0 aliphatic rings. The van der Waals surface area contributed by atoms with Crippen molar-refractivity contribution in [2.45, 2.75) is 6.92 Å². The Morgan fingerprint density at radius 3 is 2.42 bits per heavy atom. The number of Topliss-reactive ketones (excluding diaryl/α,β-unsaturated/α-hetero) is 1. The maximum Gasteiger partial charge on any atom is 0.176 e. The molecule has 0 bridgehead atoms. The molecule has 0 aliphatic heterocycles. The van der Waals surface area contributed by atoms with Crippen LogP contribution >= 0.6 is 12.2 Å². The number of carbonyl (C=O) groups is 1. The van der Waals surface area contributed by atoms with Crippen molar-refractivity contribution in [3.8, 4) is 0 Å². The fourth-order valence-electron chi connectivity index (χ4n) is 1.50. The number of ketones is 1. The number of pyridine rings is 1. The second-order valence-corrected chi connectivity index (χ2v) is 4.34. The third-order valence-electron chi connectivity index (χ3n) is 2.46. The minimum Gasteiger partial charge on any atom is -0.332 e. The van der Waals surface area contributed by atoms with Crippen LogP contribution in [0.25, 0.3) is 0 Å². The molecule has 1 heterocycles. The first-order valence-corrected chi connectivity index (χ1v) is 6.16. The Bertz CT molecular complexity index is 581. The Balaban J connectivity index is 1.97. The van der Waals surface area contributed by atoms with Crippen LogP contribution in [0.4, 0.5) is 11.5 Å². The molecule has 0 unspecified atom stereocenters. The summed E-state index contributed by atoms with van der Waals surface area (Å²) in [6.45, 7) is 1.54. The predicted octanol–water partition coefficient (Wildman–Crippen LogP) is 3.09. The smallest absolute Gasteiger partial charge is 0.176 e. The lowest BCUT2D eigenvalue weighted by atomic mass is 10.1. The molecule has 0 aliphatic carbocycles. The van der Waals surface area contributed by atoms with E-state index in [1.54, 1.807) is 18.3 Å². The number of nitrogens with zero attached hydrogens (tertiary/aromatic N) is 1. The summed E-state index contributed by atoms with van der Waals surface area (Å²) in [6, 6.07) is 12.7. The van der Waals surface area contributed by atoms with Gasteiger partial charge in [-0.05, 0) is 55.5 Å². The largest absolute Gasteiger partial charge is 0.332 e. The number of aromatic nitrogens is 1. The standard InChI is InChI=1S/C14H13N3OS/c1-10(18)11-5-7-12(8-6-11)16-14(19)17-13-4-2-3-9-15-13/h2-9H,1H3,(H2,15,16,17,19). The van der Waals surface area contributed by atoms with E-state index in [0.717, 1.165) is 5.69 Å². The van der Waals surface area contributed by atoms with Crippen molar-refractivity contribution in [1.82, 2.24) is 4.98 Å². The summed E-state index contributed by atoms with van der Waals surface area (Å²) in [4.78, 5) is 15.3. The van der Waals surface area contributed by atoms with E-state index in [4.69, 9.17) is 12.2 Å². The molecule has 0 spiro atoms. The number of benzene rings is 1. The normalized spacial score (nSPS) is 9.74. The minimum absolute atomic E-state index is 0.0423. The number of hydrogen-bond acceptors (Lipinski definition) is 3. The number of hydrogen-bond donors (Lipinski definition) is 2. The number of thiocarbonyl (C=S) groups is 1. The molecule has 2 N–H and O–H groups in total. The monoisotopic (exact) mass is 271 g/mol. The van der Waals surface area contributed by atoms with E-state index in [2.05, 4.69) is 15.6 Å². The lowest BCUT2D eigenvalue weighted by Crippen LogP contribution is -2.19. The molecule has 19 heavy (non-hydrogen) atoms. The highest BCUT2D eigenvalue weighted by Crippen LogP contribution is 2.10. The van der Waals surface area contributed by atoms with Crippen molar-refractivity contribution in [2.24, 2.45) is 0 Å². The maximum atomic E-state index is 11.2. The van der Waals surface area contributed by atoms with Gasteiger partial charge < -0.3 is 10.6 Å². The van der Waals surface area contributed by atoms with Crippen LogP contribution < -0.4 is 10.6 Å². The van der Waals surface area contributed by atoms with Crippen LogP contribution in [-0.4, -0.2) is 15.9 Å². The fraction of sp³-hybridized carbons (Fsp3) is 0.0714. The van der Waals surface area contributed by atoms with Gasteiger partial charge in [-0.3, -0.25) is 4.79 Å². The van der Waals surface area contributed by atoms with Crippen molar-refractivity contribution < 1.29 is 4.79 Å². The molecule has 1 aromatic carbocycles. The van der Waals surface area contributed by atoms with E-state index >= 15 is 0 Å². The molecular weight excluding hydrogens is 258 g/mol. The summed E-state index contributed by atoms with van der Waals surface area (Å²) in [7, 11) is 0. The number of rotatable bonds is 3. The first-order valence-electron chi connectivity index (χ1n) is 5.75. The Morgan fingerprint density at radius 1 is 1.11 bits per heavy atom. The lowest BCUT2D eigenvalue weighted by molar-refractivity contribution is 0.101. The Labute approximate surface area is 116 Å². The molecule has 0 atom stereocenters. The third kappa shape index (κ3) is 3.86. The van der Waals surface area contributed by atoms with Crippen LogP contribution in [0, 0.1) is 0 Å². The van der Waals surface area contributed by atoms with Crippen LogP contribution in [0.2, 0.25) is 0 Å². The van der Waals surface area contributed by atoms with E-state index in [0.29, 0.717) is 16.5 Å². The van der Waals surface area contributed by atoms with Crippen LogP contribution in [-0.2, 0) is 0 Å². The van der Waals surface area contributed by atoms with Gasteiger partial charge in [-0.1, -0.05) is 6.07 Å². The molecular formula is C14H13N3OS. The Kier molecular flexibility index (Phi) is 4.20. The average molecular weight is 271 g/mol. The first-order chi connectivity index (χ1) is 9.15. The Hall–Kier alpha value is -2.27. The van der Waals surface area contributed by atoms with Gasteiger partial charge in [-0.2, -0.15) is 0 Å². The topological polar surface area (TPSA) is 54.0 Å². The number of carbonyl (C=O) groups excluding carboxylic acids is 1. The van der Waals surface area contributed by atoms with Gasteiger partial charge in [0.25, 0.3) is 0 Å². The second kappa shape index (κ2) is 6.06. The molecule has 0 saturated carbocycles. The van der Waals surface area contributed by atoms with Gasteiger partial charge in [-0.15, -0.1) is 0 Å². The highest BCUT2D eigenvalue weighted by Gasteiger charge is 2.01. The fourth-order valence-corrected chi connectivity index (χ4v) is 1.73. The molecule has 96 valence electrons. The SMILES string of the molecule is CC(=O)c1ccc(NC(=S)Nc2ccccn2)cc1. The van der Waals surface area contributed by atoms with Gasteiger partial charge >= 0.3 is 0 Å². The second-order valence-electron chi connectivity index (χ2n) is 3.93. The highest BCUT2D eigenvalue weighted by atomic mass is 32.1. The van der Waals surface area contributed by atoms with E-state index in [9.17, 15) is 4.79 Å². The molecule has 0 saturated heterocycles. The summed E-state index contributed by atoms with van der Waals surface area (Å²) in [5.74, 6) is 0.723. The number of nitrogens with one attached hydrogen (secondary N) is 2. The summed E-state index contributed by atoms with van der Waals surface area (Å²) < 4.78 is 0. The van der Waals surface area contributed by atoms with Crippen LogP contribution in [0.3, 0.4) is 0 Å². The summed E-state index contributed by atoms with van der Waals surface area (Å²) in [5, 5.41) is 6.45. The van der Waals surface area contributed by atoms with Gasteiger partial charge in [0.05, 0.1) is 0 Å². The van der Waals surface area contributed by atoms with Crippen LogP contribution in [0.5, 0.6) is 0 Å². The predicted molar refractivity (Wildman–Crippen MR) is 80.5 cm³/mol. The van der Waals surface area contributed by atoms with Gasteiger partial charge in [-0.25, -0.2) is 4.98 Å². The van der Waals surface area contributed by atoms with Crippen molar-refractivity contribution in [3.63, 3.8) is 0 Å². The summed E-state index contributed by atoms with van der Waals surface area (Å²) >= 11 is 5.17. The lowest BCUT2D eigenvalue weighted by Gasteiger charge is -2.09. The zero-order chi connectivity index (χ0) is 13.7. The molecule has 0 radical (unpaired) electrons. The van der Waals surface area contributed by atoms with Gasteiger partial charge in [0.15, 0.2) is 10.9 Å². The van der Waals surface area contributed by atoms with Gasteiger partial charge in [0, 0.05) is 17.4 Å². The highest BCUT2D eigenvalue weighted by molar-refractivity contribution is 7.80. The molecule has 5 heteroatoms. The number of anilines is 2. The summed E-state index contributed by atoms with van der Waals surface area (Å²) in [6.07, 6.45) is 1.69.